The van der Waals surface area contributed by atoms with E-state index in [0.29, 0.717) is 22.6 Å². The van der Waals surface area contributed by atoms with Crippen LogP contribution in [0.5, 0.6) is 11.5 Å². The molecule has 180 valence electrons. The van der Waals surface area contributed by atoms with Crippen molar-refractivity contribution in [1.29, 1.82) is 5.26 Å². The first-order valence-electron chi connectivity index (χ1n) is 10.4. The van der Waals surface area contributed by atoms with Gasteiger partial charge < -0.3 is 19.5 Å². The topological polar surface area (TPSA) is 141 Å². The summed E-state index contributed by atoms with van der Waals surface area (Å²) in [6.45, 7) is 0.0778. The number of carbonyl (C=O) groups excluding carboxylic acids is 2. The van der Waals surface area contributed by atoms with E-state index < -0.39 is 22.9 Å². The third-order valence-electron chi connectivity index (χ3n) is 5.03. The molecule has 0 spiro atoms. The molecule has 11 heteroatoms. The number of halogens is 1. The first kappa shape index (κ1) is 24.4. The quantitative estimate of drug-likeness (QED) is 0.144. The Bertz CT molecular complexity index is 1420. The van der Waals surface area contributed by atoms with E-state index >= 15 is 0 Å². The Balaban J connectivity index is 1.58. The largest absolute Gasteiger partial charge is 0.454 e. The van der Waals surface area contributed by atoms with Gasteiger partial charge in [-0.2, -0.15) is 5.26 Å². The molecule has 3 aromatic carbocycles. The van der Waals surface area contributed by atoms with Gasteiger partial charge in [-0.15, -0.1) is 0 Å². The zero-order valence-corrected chi connectivity index (χ0v) is 19.9. The molecule has 0 saturated heterocycles. The van der Waals surface area contributed by atoms with Gasteiger partial charge in [-0.3, -0.25) is 14.9 Å². The lowest BCUT2D eigenvalue weighted by molar-refractivity contribution is -0.384. The molecule has 1 amide bonds. The van der Waals surface area contributed by atoms with Crippen LogP contribution in [0.3, 0.4) is 0 Å². The first-order valence-corrected chi connectivity index (χ1v) is 11.2. The van der Waals surface area contributed by atoms with Crippen molar-refractivity contribution in [2.24, 2.45) is 0 Å². The van der Waals surface area contributed by atoms with Crippen LogP contribution >= 0.6 is 15.9 Å². The second-order valence-corrected chi connectivity index (χ2v) is 8.24. The highest BCUT2D eigenvalue weighted by Crippen LogP contribution is 2.33. The van der Waals surface area contributed by atoms with Crippen LogP contribution in [0, 0.1) is 21.4 Å². The van der Waals surface area contributed by atoms with E-state index in [1.807, 2.05) is 0 Å². The summed E-state index contributed by atoms with van der Waals surface area (Å²) in [6, 6.07) is 18.8. The molecule has 10 nitrogen and oxygen atoms in total. The average molecular weight is 550 g/mol. The van der Waals surface area contributed by atoms with Gasteiger partial charge in [0.25, 0.3) is 11.6 Å². The van der Waals surface area contributed by atoms with Gasteiger partial charge in [0.05, 0.1) is 10.6 Å². The summed E-state index contributed by atoms with van der Waals surface area (Å²) in [4.78, 5) is 36.5. The van der Waals surface area contributed by atoms with Gasteiger partial charge >= 0.3 is 5.97 Å². The molecule has 1 aliphatic rings. The fourth-order valence-corrected chi connectivity index (χ4v) is 3.76. The number of carbonyl (C=O) groups is 2. The summed E-state index contributed by atoms with van der Waals surface area (Å²) in [5.74, 6) is -0.706. The van der Waals surface area contributed by atoms with Crippen molar-refractivity contribution in [3.8, 4) is 17.6 Å². The number of amides is 1. The molecule has 1 unspecified atom stereocenters. The predicted octanol–water partition coefficient (Wildman–Crippen LogP) is 4.92. The highest BCUT2D eigenvalue weighted by molar-refractivity contribution is 9.10. The van der Waals surface area contributed by atoms with E-state index in [4.69, 9.17) is 14.2 Å². The van der Waals surface area contributed by atoms with E-state index in [2.05, 4.69) is 21.2 Å². The summed E-state index contributed by atoms with van der Waals surface area (Å²) in [5.41, 5.74) is 0.598. The summed E-state index contributed by atoms with van der Waals surface area (Å²) >= 11 is 3.19. The molecule has 0 fully saturated rings. The van der Waals surface area contributed by atoms with Crippen molar-refractivity contribution < 1.29 is 28.7 Å². The highest BCUT2D eigenvalue weighted by atomic mass is 79.9. The Morgan fingerprint density at radius 1 is 1.11 bits per heavy atom. The molecule has 1 heterocycles. The normalized spacial score (nSPS) is 12.8. The molecular formula is C25H16BrN3O7. The molecular weight excluding hydrogens is 534 g/mol. The number of nitro benzene ring substituents is 1. The second-order valence-electron chi connectivity index (χ2n) is 7.39. The zero-order valence-electron chi connectivity index (χ0n) is 18.3. The third kappa shape index (κ3) is 5.51. The van der Waals surface area contributed by atoms with Gasteiger partial charge in [-0.1, -0.05) is 36.4 Å². The number of non-ortho nitro benzene ring substituents is 1. The van der Waals surface area contributed by atoms with Gasteiger partial charge in [0.15, 0.2) is 11.5 Å². The van der Waals surface area contributed by atoms with Crippen molar-refractivity contribution in [2.45, 2.75) is 6.10 Å². The van der Waals surface area contributed by atoms with Crippen LogP contribution < -0.4 is 14.8 Å². The molecule has 1 N–H and O–H groups in total. The number of hydrogen-bond acceptors (Lipinski definition) is 8. The number of benzene rings is 3. The van der Waals surface area contributed by atoms with Crippen LogP contribution in [0.2, 0.25) is 0 Å². The standard InChI is InChI=1S/C25H16BrN3O7/c26-19-12-18(29(32)33)7-8-20(19)28-24(30)23(16-4-2-1-3-5-16)36-25(31)17(13-27)10-15-6-9-21-22(11-15)35-14-34-21/h1-12,23H,14H2,(H,28,30)/b17-10+. The van der Waals surface area contributed by atoms with Crippen LogP contribution in [0.15, 0.2) is 76.8 Å². The summed E-state index contributed by atoms with van der Waals surface area (Å²) < 4.78 is 16.3. The van der Waals surface area contributed by atoms with Gasteiger partial charge in [-0.25, -0.2) is 4.79 Å². The van der Waals surface area contributed by atoms with E-state index in [1.165, 1.54) is 24.3 Å². The van der Waals surface area contributed by atoms with Crippen LogP contribution in [0.4, 0.5) is 11.4 Å². The fraction of sp³-hybridized carbons (Fsp3) is 0.0800. The van der Waals surface area contributed by atoms with E-state index in [0.717, 1.165) is 0 Å². The minimum Gasteiger partial charge on any atom is -0.454 e. The molecule has 3 aromatic rings. The monoisotopic (exact) mass is 549 g/mol. The van der Waals surface area contributed by atoms with Crippen LogP contribution in [-0.2, 0) is 14.3 Å². The maximum Gasteiger partial charge on any atom is 0.350 e. The zero-order chi connectivity index (χ0) is 25.7. The maximum atomic E-state index is 13.1. The number of nitriles is 1. The molecule has 0 aliphatic carbocycles. The van der Waals surface area contributed by atoms with E-state index in [9.17, 15) is 25.0 Å². The van der Waals surface area contributed by atoms with Gasteiger partial charge in [0.1, 0.15) is 11.6 Å². The van der Waals surface area contributed by atoms with Gasteiger partial charge in [0, 0.05) is 22.2 Å². The fourth-order valence-electron chi connectivity index (χ4n) is 3.29. The summed E-state index contributed by atoms with van der Waals surface area (Å²) in [7, 11) is 0. The van der Waals surface area contributed by atoms with E-state index in [-0.39, 0.29) is 28.2 Å². The Morgan fingerprint density at radius 2 is 1.86 bits per heavy atom. The second kappa shape index (κ2) is 10.7. The molecule has 1 atom stereocenters. The molecule has 0 aromatic heterocycles. The Kier molecular flexibility index (Phi) is 7.27. The maximum absolute atomic E-state index is 13.1. The van der Waals surface area contributed by atoms with Crippen molar-refractivity contribution in [2.75, 3.05) is 12.1 Å². The lowest BCUT2D eigenvalue weighted by atomic mass is 10.1. The Hall–Kier alpha value is -4.69. The number of esters is 1. The molecule has 1 aliphatic heterocycles. The molecule has 0 saturated carbocycles. The number of nitrogens with one attached hydrogen (secondary N) is 1. The number of anilines is 1. The molecule has 4 rings (SSSR count). The third-order valence-corrected chi connectivity index (χ3v) is 5.69. The number of nitrogens with zero attached hydrogens (tertiary/aromatic N) is 2. The number of nitro groups is 1. The van der Waals surface area contributed by atoms with Crippen molar-refractivity contribution in [3.63, 3.8) is 0 Å². The predicted molar refractivity (Wildman–Crippen MR) is 131 cm³/mol. The molecule has 0 bridgehead atoms. The molecule has 36 heavy (non-hydrogen) atoms. The smallest absolute Gasteiger partial charge is 0.350 e. The Morgan fingerprint density at radius 3 is 2.56 bits per heavy atom. The molecule has 0 radical (unpaired) electrons. The van der Waals surface area contributed by atoms with E-state index in [1.54, 1.807) is 54.6 Å². The number of hydrogen-bond donors (Lipinski definition) is 1. The summed E-state index contributed by atoms with van der Waals surface area (Å²) in [5, 5.41) is 23.2. The van der Waals surface area contributed by atoms with Gasteiger partial charge in [0.2, 0.25) is 12.9 Å². The average Bonchev–Trinajstić information content (AvgIpc) is 3.35. The minimum absolute atomic E-state index is 0.0778. The van der Waals surface area contributed by atoms with Crippen molar-refractivity contribution >= 4 is 45.3 Å². The number of ether oxygens (including phenoxy) is 3. The van der Waals surface area contributed by atoms with Crippen molar-refractivity contribution in [1.82, 2.24) is 0 Å². The number of rotatable bonds is 7. The minimum atomic E-state index is -1.41. The van der Waals surface area contributed by atoms with Crippen LogP contribution in [0.1, 0.15) is 17.2 Å². The Labute approximate surface area is 213 Å². The summed E-state index contributed by atoms with van der Waals surface area (Å²) in [6.07, 6.45) is -0.0914. The lowest BCUT2D eigenvalue weighted by Gasteiger charge is -2.18. The van der Waals surface area contributed by atoms with Gasteiger partial charge in [-0.05, 0) is 45.8 Å². The SMILES string of the molecule is N#C/C(=C\c1ccc2c(c1)OCO2)C(=O)OC(C(=O)Nc1ccc([N+](=O)[O-])cc1Br)c1ccccc1. The van der Waals surface area contributed by atoms with Crippen LogP contribution in [-0.4, -0.2) is 23.6 Å². The highest BCUT2D eigenvalue weighted by Gasteiger charge is 2.27. The first-order chi connectivity index (χ1) is 17.4. The lowest BCUT2D eigenvalue weighted by Crippen LogP contribution is -2.26. The number of fused-ring (bicyclic) bond motifs is 1. The van der Waals surface area contributed by atoms with Crippen LogP contribution in [0.25, 0.3) is 6.08 Å². The van der Waals surface area contributed by atoms with Crippen molar-refractivity contribution in [3.05, 3.63) is 98.0 Å².